The number of carbonyl (C=O) groups is 1. The fourth-order valence-corrected chi connectivity index (χ4v) is 1.27. The number of aromatic hydroxyl groups is 2. The Bertz CT molecular complexity index is 455. The summed E-state index contributed by atoms with van der Waals surface area (Å²) in [6.45, 7) is 1.63. The van der Waals surface area contributed by atoms with E-state index in [1.165, 1.54) is 6.08 Å². The van der Waals surface area contributed by atoms with Gasteiger partial charge in [0.15, 0.2) is 11.5 Å². The summed E-state index contributed by atoms with van der Waals surface area (Å²) in [6, 6.07) is 1.00. The number of benzene rings is 1. The molecule has 0 aliphatic rings. The molecule has 0 radical (unpaired) electrons. The van der Waals surface area contributed by atoms with Crippen LogP contribution in [0.4, 0.5) is 0 Å². The molecular formula is C10H8Cl2O4. The molecule has 0 aromatic heterocycles. The van der Waals surface area contributed by atoms with Crippen molar-refractivity contribution in [3.8, 4) is 17.2 Å². The van der Waals surface area contributed by atoms with E-state index in [0.29, 0.717) is 0 Å². The van der Waals surface area contributed by atoms with Gasteiger partial charge in [-0.3, -0.25) is 0 Å². The summed E-state index contributed by atoms with van der Waals surface area (Å²) >= 11 is 11.2. The smallest absolute Gasteiger partial charge is 0.335 e. The number of esters is 1. The maximum absolute atomic E-state index is 11.1. The highest BCUT2D eigenvalue weighted by Crippen LogP contribution is 2.44. The number of hydrogen-bond donors (Lipinski definition) is 2. The van der Waals surface area contributed by atoms with Crippen molar-refractivity contribution in [3.63, 3.8) is 0 Å². The van der Waals surface area contributed by atoms with Crippen LogP contribution >= 0.6 is 23.2 Å². The summed E-state index contributed by atoms with van der Waals surface area (Å²) in [5, 5.41) is 18.3. The minimum atomic E-state index is -0.699. The molecule has 2 N–H and O–H groups in total. The Morgan fingerprint density at radius 2 is 2.00 bits per heavy atom. The number of carbonyl (C=O) groups excluding carboxylic acids is 1. The highest BCUT2D eigenvalue weighted by Gasteiger charge is 2.17. The molecule has 16 heavy (non-hydrogen) atoms. The van der Waals surface area contributed by atoms with Crippen molar-refractivity contribution in [3.05, 3.63) is 28.3 Å². The van der Waals surface area contributed by atoms with E-state index in [9.17, 15) is 15.0 Å². The zero-order chi connectivity index (χ0) is 12.3. The van der Waals surface area contributed by atoms with Crippen LogP contribution in [-0.4, -0.2) is 16.2 Å². The molecule has 0 fully saturated rings. The molecule has 86 valence electrons. The predicted molar refractivity (Wildman–Crippen MR) is 60.2 cm³/mol. The number of phenols is 2. The van der Waals surface area contributed by atoms with Gasteiger partial charge in [-0.2, -0.15) is 0 Å². The van der Waals surface area contributed by atoms with Crippen LogP contribution in [0.5, 0.6) is 17.2 Å². The molecule has 1 rings (SSSR count). The topological polar surface area (TPSA) is 66.8 Å². The molecule has 0 bridgehead atoms. The van der Waals surface area contributed by atoms with E-state index >= 15 is 0 Å². The van der Waals surface area contributed by atoms with Gasteiger partial charge in [-0.1, -0.05) is 29.3 Å². The van der Waals surface area contributed by atoms with Crippen LogP contribution in [-0.2, 0) is 4.79 Å². The summed E-state index contributed by atoms with van der Waals surface area (Å²) in [5.74, 6) is -1.83. The fourth-order valence-electron chi connectivity index (χ4n) is 0.937. The summed E-state index contributed by atoms with van der Waals surface area (Å²) < 4.78 is 4.72. The molecular weight excluding hydrogens is 255 g/mol. The molecule has 6 heteroatoms. The van der Waals surface area contributed by atoms with Crippen LogP contribution in [0.3, 0.4) is 0 Å². The Morgan fingerprint density at radius 3 is 2.56 bits per heavy atom. The Kier molecular flexibility index (Phi) is 4.04. The number of hydrogen-bond acceptors (Lipinski definition) is 4. The van der Waals surface area contributed by atoms with Crippen LogP contribution in [0.15, 0.2) is 18.2 Å². The lowest BCUT2D eigenvalue weighted by molar-refractivity contribution is -0.129. The second-order valence-electron chi connectivity index (χ2n) is 2.79. The van der Waals surface area contributed by atoms with Crippen molar-refractivity contribution in [1.82, 2.24) is 0 Å². The molecule has 0 unspecified atom stereocenters. The molecule has 1 aromatic carbocycles. The summed E-state index contributed by atoms with van der Waals surface area (Å²) in [4.78, 5) is 11.1. The molecule has 0 amide bonds. The number of halogens is 2. The van der Waals surface area contributed by atoms with Gasteiger partial charge >= 0.3 is 5.97 Å². The number of rotatable bonds is 2. The second-order valence-corrected chi connectivity index (χ2v) is 3.55. The van der Waals surface area contributed by atoms with E-state index in [-0.39, 0.29) is 21.5 Å². The fraction of sp³-hybridized carbons (Fsp3) is 0.100. The quantitative estimate of drug-likeness (QED) is 0.372. The number of ether oxygens (including phenoxy) is 1. The number of allylic oxidation sites excluding steroid dienone is 1. The largest absolute Gasteiger partial charge is 0.506 e. The first kappa shape index (κ1) is 12.7. The lowest BCUT2D eigenvalue weighted by Crippen LogP contribution is -2.03. The van der Waals surface area contributed by atoms with Gasteiger partial charge in [0, 0.05) is 12.1 Å². The molecule has 0 saturated carbocycles. The van der Waals surface area contributed by atoms with E-state index in [4.69, 9.17) is 27.9 Å². The monoisotopic (exact) mass is 262 g/mol. The predicted octanol–water partition coefficient (Wildman–Crippen LogP) is 2.89. The van der Waals surface area contributed by atoms with E-state index in [1.54, 1.807) is 6.92 Å². The first-order valence-corrected chi connectivity index (χ1v) is 4.97. The van der Waals surface area contributed by atoms with Crippen LogP contribution in [0, 0.1) is 0 Å². The lowest BCUT2D eigenvalue weighted by Gasteiger charge is -2.08. The third-order valence-corrected chi connectivity index (χ3v) is 2.49. The maximum atomic E-state index is 11.1. The van der Waals surface area contributed by atoms with E-state index < -0.39 is 11.7 Å². The average molecular weight is 263 g/mol. The van der Waals surface area contributed by atoms with Gasteiger partial charge in [0.2, 0.25) is 0 Å². The first-order valence-electron chi connectivity index (χ1n) is 4.21. The van der Waals surface area contributed by atoms with Gasteiger partial charge in [0.05, 0.1) is 0 Å². The van der Waals surface area contributed by atoms with Crippen molar-refractivity contribution in [1.29, 1.82) is 0 Å². The third-order valence-electron chi connectivity index (χ3n) is 1.64. The lowest BCUT2D eigenvalue weighted by atomic mass is 10.3. The normalized spacial score (nSPS) is 10.7. The minimum Gasteiger partial charge on any atom is -0.506 e. The van der Waals surface area contributed by atoms with Crippen molar-refractivity contribution in [2.45, 2.75) is 6.92 Å². The summed E-state index contributed by atoms with van der Waals surface area (Å²) in [7, 11) is 0. The van der Waals surface area contributed by atoms with Gasteiger partial charge in [0.25, 0.3) is 0 Å². The molecule has 0 spiro atoms. The highest BCUT2D eigenvalue weighted by atomic mass is 35.5. The molecule has 0 saturated heterocycles. The summed E-state index contributed by atoms with van der Waals surface area (Å²) in [5.41, 5.74) is 0. The van der Waals surface area contributed by atoms with Crippen LogP contribution < -0.4 is 4.74 Å². The van der Waals surface area contributed by atoms with Gasteiger partial charge < -0.3 is 14.9 Å². The van der Waals surface area contributed by atoms with Gasteiger partial charge in [-0.15, -0.1) is 0 Å². The van der Waals surface area contributed by atoms with Crippen LogP contribution in [0.2, 0.25) is 10.0 Å². The Balaban J connectivity index is 3.11. The molecule has 0 atom stereocenters. The molecule has 4 nitrogen and oxygen atoms in total. The molecule has 1 aromatic rings. The van der Waals surface area contributed by atoms with Crippen molar-refractivity contribution in [2.75, 3.05) is 0 Å². The van der Waals surface area contributed by atoms with Crippen LogP contribution in [0.1, 0.15) is 6.92 Å². The van der Waals surface area contributed by atoms with Gasteiger partial charge in [-0.05, 0) is 6.92 Å². The zero-order valence-electron chi connectivity index (χ0n) is 8.20. The Morgan fingerprint density at radius 1 is 1.38 bits per heavy atom. The average Bonchev–Trinajstić information content (AvgIpc) is 2.23. The van der Waals surface area contributed by atoms with Gasteiger partial charge in [0.1, 0.15) is 15.8 Å². The van der Waals surface area contributed by atoms with Crippen molar-refractivity contribution in [2.24, 2.45) is 0 Å². The molecule has 0 heterocycles. The maximum Gasteiger partial charge on any atom is 0.335 e. The number of phenolic OH excluding ortho intramolecular Hbond substituents is 2. The molecule has 0 aliphatic heterocycles. The Hall–Kier alpha value is -1.39. The van der Waals surface area contributed by atoms with Crippen molar-refractivity contribution >= 4 is 29.2 Å². The molecule has 0 aliphatic carbocycles. The minimum absolute atomic E-state index is 0.204. The van der Waals surface area contributed by atoms with E-state index in [1.807, 2.05) is 0 Å². The SMILES string of the molecule is C/C=C/C(=O)Oc1cc(O)c(Cl)c(Cl)c1O. The summed E-state index contributed by atoms with van der Waals surface area (Å²) in [6.07, 6.45) is 2.62. The Labute approximate surface area is 102 Å². The third kappa shape index (κ3) is 2.59. The van der Waals surface area contributed by atoms with E-state index in [2.05, 4.69) is 0 Å². The van der Waals surface area contributed by atoms with Crippen LogP contribution in [0.25, 0.3) is 0 Å². The first-order chi connectivity index (χ1) is 7.47. The highest BCUT2D eigenvalue weighted by molar-refractivity contribution is 6.44. The second kappa shape index (κ2) is 5.09. The standard InChI is InChI=1S/C10H8Cl2O4/c1-2-3-7(14)16-6-4-5(13)8(11)9(12)10(6)15/h2-4,13,15H,1H3/b3-2+. The zero-order valence-corrected chi connectivity index (χ0v) is 9.71. The van der Waals surface area contributed by atoms with Gasteiger partial charge in [-0.25, -0.2) is 4.79 Å². The van der Waals surface area contributed by atoms with Crippen molar-refractivity contribution < 1.29 is 19.7 Å². The van der Waals surface area contributed by atoms with E-state index in [0.717, 1.165) is 12.1 Å².